The topological polar surface area (TPSA) is 37.4 Å². The largest absolute Gasteiger partial charge is 0.268 e. The minimum absolute atomic E-state index is 0.215. The Bertz CT molecular complexity index is 1220. The van der Waals surface area contributed by atoms with E-state index in [9.17, 15) is 9.59 Å². The molecule has 0 spiro atoms. The Hall–Kier alpha value is -3.46. The van der Waals surface area contributed by atoms with Crippen molar-refractivity contribution in [2.24, 2.45) is 0 Å². The van der Waals surface area contributed by atoms with Crippen molar-refractivity contribution in [3.8, 4) is 11.1 Å². The maximum absolute atomic E-state index is 13.0. The first-order valence-corrected chi connectivity index (χ1v) is 10.2. The smallest absolute Gasteiger partial charge is 0.266 e. The number of hydrogen-bond donors (Lipinski definition) is 0. The predicted octanol–water partition coefficient (Wildman–Crippen LogP) is 5.04. The summed E-state index contributed by atoms with van der Waals surface area (Å²) in [5, 5.41) is 0. The fraction of sp³-hybridized carbons (Fsp3) is 0.154. The number of amides is 2. The van der Waals surface area contributed by atoms with E-state index in [0.29, 0.717) is 11.1 Å². The number of rotatable bonds is 1. The molecular weight excluding hydrogens is 358 g/mol. The second-order valence-corrected chi connectivity index (χ2v) is 7.89. The lowest BCUT2D eigenvalue weighted by Crippen LogP contribution is -2.30. The van der Waals surface area contributed by atoms with Crippen LogP contribution in [0.15, 0.2) is 66.7 Å². The molecule has 0 saturated heterocycles. The van der Waals surface area contributed by atoms with Crippen molar-refractivity contribution in [2.75, 3.05) is 0 Å². The van der Waals surface area contributed by atoms with E-state index in [1.54, 1.807) is 12.1 Å². The van der Waals surface area contributed by atoms with Crippen LogP contribution in [-0.2, 0) is 19.3 Å². The Morgan fingerprint density at radius 3 is 1.97 bits per heavy atom. The summed E-state index contributed by atoms with van der Waals surface area (Å²) in [4.78, 5) is 27.4. The van der Waals surface area contributed by atoms with E-state index in [1.807, 2.05) is 18.2 Å². The van der Waals surface area contributed by atoms with Crippen LogP contribution in [0.2, 0.25) is 0 Å². The van der Waals surface area contributed by atoms with Gasteiger partial charge in [-0.3, -0.25) is 9.59 Å². The number of allylic oxidation sites excluding steroid dienone is 1. The van der Waals surface area contributed by atoms with Gasteiger partial charge in [0.05, 0.1) is 16.8 Å². The third-order valence-electron chi connectivity index (χ3n) is 6.43. The molecule has 3 aromatic carbocycles. The van der Waals surface area contributed by atoms with E-state index in [1.165, 1.54) is 32.7 Å². The average molecular weight is 377 g/mol. The number of nitrogens with zero attached hydrogens (tertiary/aromatic N) is 1. The SMILES string of the molecule is O=C1c2ccccc2C(=O)N1C1=CCCc2c1ccc1c2CCc2ccccc2-1. The molecule has 29 heavy (non-hydrogen) atoms. The van der Waals surface area contributed by atoms with Crippen molar-refractivity contribution in [1.82, 2.24) is 4.90 Å². The second-order valence-electron chi connectivity index (χ2n) is 7.89. The van der Waals surface area contributed by atoms with E-state index in [-0.39, 0.29) is 11.8 Å². The van der Waals surface area contributed by atoms with Gasteiger partial charge in [-0.15, -0.1) is 0 Å². The van der Waals surface area contributed by atoms with E-state index in [2.05, 4.69) is 36.4 Å². The highest BCUT2D eigenvalue weighted by Crippen LogP contribution is 2.42. The number of benzene rings is 3. The molecule has 0 fully saturated rings. The molecule has 0 saturated carbocycles. The third kappa shape index (κ3) is 2.24. The molecule has 0 radical (unpaired) electrons. The van der Waals surface area contributed by atoms with E-state index < -0.39 is 0 Å². The molecule has 1 heterocycles. The number of fused-ring (bicyclic) bond motifs is 6. The molecule has 2 aliphatic carbocycles. The van der Waals surface area contributed by atoms with Gasteiger partial charge in [0.2, 0.25) is 0 Å². The highest BCUT2D eigenvalue weighted by atomic mass is 16.2. The number of carbonyl (C=O) groups is 2. The molecule has 3 nitrogen and oxygen atoms in total. The molecule has 6 rings (SSSR count). The Morgan fingerprint density at radius 1 is 0.586 bits per heavy atom. The van der Waals surface area contributed by atoms with Gasteiger partial charge in [0.15, 0.2) is 0 Å². The van der Waals surface area contributed by atoms with Crippen molar-refractivity contribution >= 4 is 17.5 Å². The van der Waals surface area contributed by atoms with Gasteiger partial charge in [0, 0.05) is 5.56 Å². The second kappa shape index (κ2) is 6.02. The average Bonchev–Trinajstić information content (AvgIpc) is 3.03. The zero-order valence-corrected chi connectivity index (χ0v) is 15.9. The van der Waals surface area contributed by atoms with Crippen LogP contribution < -0.4 is 0 Å². The number of aryl methyl sites for hydroxylation is 1. The Balaban J connectivity index is 1.49. The minimum atomic E-state index is -0.215. The summed E-state index contributed by atoms with van der Waals surface area (Å²) in [6.07, 6.45) is 5.88. The van der Waals surface area contributed by atoms with Crippen LogP contribution in [0.5, 0.6) is 0 Å². The minimum Gasteiger partial charge on any atom is -0.268 e. The highest BCUT2D eigenvalue weighted by Gasteiger charge is 2.39. The van der Waals surface area contributed by atoms with Crippen LogP contribution in [0, 0.1) is 0 Å². The summed E-state index contributed by atoms with van der Waals surface area (Å²) in [6, 6.07) is 20.0. The van der Waals surface area contributed by atoms with Crippen molar-refractivity contribution in [3.05, 3.63) is 100 Å². The molecule has 0 N–H and O–H groups in total. The maximum atomic E-state index is 13.0. The molecule has 3 aromatic rings. The Morgan fingerprint density at radius 2 is 1.21 bits per heavy atom. The van der Waals surface area contributed by atoms with Gasteiger partial charge in [0.1, 0.15) is 0 Å². The molecule has 2 amide bonds. The van der Waals surface area contributed by atoms with Gasteiger partial charge in [-0.2, -0.15) is 0 Å². The number of imide groups is 1. The van der Waals surface area contributed by atoms with Crippen molar-refractivity contribution in [2.45, 2.75) is 25.7 Å². The quantitative estimate of drug-likeness (QED) is 0.558. The summed E-state index contributed by atoms with van der Waals surface area (Å²) in [5.74, 6) is -0.430. The van der Waals surface area contributed by atoms with Gasteiger partial charge in [0.25, 0.3) is 11.8 Å². The number of carbonyl (C=O) groups excluding carboxylic acids is 2. The van der Waals surface area contributed by atoms with E-state index in [4.69, 9.17) is 0 Å². The fourth-order valence-corrected chi connectivity index (χ4v) is 5.10. The summed E-state index contributed by atoms with van der Waals surface area (Å²) < 4.78 is 0. The summed E-state index contributed by atoms with van der Waals surface area (Å²) in [5.41, 5.74) is 9.46. The molecule has 3 aliphatic rings. The summed E-state index contributed by atoms with van der Waals surface area (Å²) in [7, 11) is 0. The van der Waals surface area contributed by atoms with Crippen molar-refractivity contribution in [1.29, 1.82) is 0 Å². The van der Waals surface area contributed by atoms with Crippen LogP contribution in [-0.4, -0.2) is 16.7 Å². The fourth-order valence-electron chi connectivity index (χ4n) is 5.10. The van der Waals surface area contributed by atoms with E-state index in [0.717, 1.165) is 36.9 Å². The van der Waals surface area contributed by atoms with Crippen LogP contribution in [0.4, 0.5) is 0 Å². The molecule has 0 unspecified atom stereocenters. The molecule has 0 bridgehead atoms. The third-order valence-corrected chi connectivity index (χ3v) is 6.43. The maximum Gasteiger partial charge on any atom is 0.266 e. The first-order chi connectivity index (χ1) is 14.2. The molecule has 1 aliphatic heterocycles. The molecule has 3 heteroatoms. The lowest BCUT2D eigenvalue weighted by atomic mass is 9.79. The standard InChI is InChI=1S/C26H19NO2/c28-25-22-8-3-4-9-23(22)26(29)27(25)24-11-5-10-18-20-13-12-16-6-1-2-7-17(16)19(20)14-15-21(18)24/h1-4,6-9,11,14-15H,5,10,12-13H2. The normalized spacial score (nSPS) is 16.7. The molecular formula is C26H19NO2. The van der Waals surface area contributed by atoms with Gasteiger partial charge in [-0.1, -0.05) is 54.6 Å². The Kier molecular flexibility index (Phi) is 3.42. The molecule has 0 atom stereocenters. The zero-order chi connectivity index (χ0) is 19.5. The zero-order valence-electron chi connectivity index (χ0n) is 15.9. The summed E-state index contributed by atoms with van der Waals surface area (Å²) >= 11 is 0. The lowest BCUT2D eigenvalue weighted by Gasteiger charge is -2.29. The van der Waals surface area contributed by atoms with Crippen LogP contribution in [0.1, 0.15) is 49.4 Å². The predicted molar refractivity (Wildman–Crippen MR) is 113 cm³/mol. The van der Waals surface area contributed by atoms with Gasteiger partial charge in [-0.05, 0) is 65.6 Å². The van der Waals surface area contributed by atoms with Crippen LogP contribution in [0.25, 0.3) is 16.8 Å². The highest BCUT2D eigenvalue weighted by molar-refractivity contribution is 6.25. The lowest BCUT2D eigenvalue weighted by molar-refractivity contribution is 0.0735. The number of hydrogen-bond acceptors (Lipinski definition) is 2. The Labute approximate surface area is 169 Å². The van der Waals surface area contributed by atoms with Crippen LogP contribution in [0.3, 0.4) is 0 Å². The first kappa shape index (κ1) is 16.5. The molecule has 140 valence electrons. The van der Waals surface area contributed by atoms with Crippen molar-refractivity contribution < 1.29 is 9.59 Å². The van der Waals surface area contributed by atoms with Gasteiger partial charge >= 0.3 is 0 Å². The monoisotopic (exact) mass is 377 g/mol. The van der Waals surface area contributed by atoms with E-state index >= 15 is 0 Å². The van der Waals surface area contributed by atoms with Crippen LogP contribution >= 0.6 is 0 Å². The van der Waals surface area contributed by atoms with Gasteiger partial charge < -0.3 is 0 Å². The van der Waals surface area contributed by atoms with Gasteiger partial charge in [-0.25, -0.2) is 4.90 Å². The summed E-state index contributed by atoms with van der Waals surface area (Å²) in [6.45, 7) is 0. The molecule has 0 aromatic heterocycles. The first-order valence-electron chi connectivity index (χ1n) is 10.2. The van der Waals surface area contributed by atoms with Crippen molar-refractivity contribution in [3.63, 3.8) is 0 Å².